The van der Waals surface area contributed by atoms with Crippen molar-refractivity contribution in [1.82, 2.24) is 20.1 Å². The molecule has 0 spiro atoms. The number of nitrogens with one attached hydrogen (secondary N) is 1. The van der Waals surface area contributed by atoms with E-state index in [2.05, 4.69) is 29.2 Å². The molecule has 2 rings (SSSR count). The largest absolute Gasteiger partial charge is 0.374 e. The molecule has 114 valence electrons. The van der Waals surface area contributed by atoms with Crippen molar-refractivity contribution in [1.29, 1.82) is 0 Å². The van der Waals surface area contributed by atoms with Gasteiger partial charge in [-0.15, -0.1) is 0 Å². The fourth-order valence-corrected chi connectivity index (χ4v) is 3.43. The van der Waals surface area contributed by atoms with E-state index >= 15 is 0 Å². The summed E-state index contributed by atoms with van der Waals surface area (Å²) in [6.45, 7) is 5.97. The van der Waals surface area contributed by atoms with Gasteiger partial charge in [-0.3, -0.25) is 4.68 Å². The maximum atomic E-state index is 6.17. The Morgan fingerprint density at radius 3 is 2.75 bits per heavy atom. The zero-order chi connectivity index (χ0) is 14.4. The highest BCUT2D eigenvalue weighted by Crippen LogP contribution is 2.37. The van der Waals surface area contributed by atoms with Gasteiger partial charge in [0, 0.05) is 25.6 Å². The first kappa shape index (κ1) is 15.4. The van der Waals surface area contributed by atoms with E-state index in [1.165, 1.54) is 12.8 Å². The van der Waals surface area contributed by atoms with Crippen LogP contribution in [0, 0.1) is 0 Å². The van der Waals surface area contributed by atoms with E-state index in [-0.39, 0.29) is 5.60 Å². The molecule has 5 heteroatoms. The van der Waals surface area contributed by atoms with Crippen molar-refractivity contribution >= 4 is 0 Å². The summed E-state index contributed by atoms with van der Waals surface area (Å²) >= 11 is 0. The highest BCUT2D eigenvalue weighted by molar-refractivity contribution is 5.02. The van der Waals surface area contributed by atoms with Crippen molar-refractivity contribution in [3.63, 3.8) is 0 Å². The van der Waals surface area contributed by atoms with Gasteiger partial charge in [0.15, 0.2) is 0 Å². The van der Waals surface area contributed by atoms with Gasteiger partial charge in [-0.2, -0.15) is 5.10 Å². The van der Waals surface area contributed by atoms with Gasteiger partial charge in [0.05, 0.1) is 5.60 Å². The lowest BCUT2D eigenvalue weighted by molar-refractivity contribution is -0.0602. The van der Waals surface area contributed by atoms with E-state index in [0.717, 1.165) is 44.7 Å². The summed E-state index contributed by atoms with van der Waals surface area (Å²) in [6.07, 6.45) is 8.45. The Labute approximate surface area is 122 Å². The molecule has 1 aliphatic carbocycles. The van der Waals surface area contributed by atoms with Crippen LogP contribution in [0.5, 0.6) is 0 Å². The molecular formula is C15H28N4O. The lowest BCUT2D eigenvalue weighted by Crippen LogP contribution is -2.51. The van der Waals surface area contributed by atoms with Gasteiger partial charge in [0.2, 0.25) is 0 Å². The minimum absolute atomic E-state index is 0.0213. The molecule has 1 atom stereocenters. The van der Waals surface area contributed by atoms with Gasteiger partial charge in [-0.05, 0) is 33.2 Å². The predicted octanol–water partition coefficient (Wildman–Crippen LogP) is 2.17. The van der Waals surface area contributed by atoms with Crippen molar-refractivity contribution in [2.45, 2.75) is 70.6 Å². The third-order valence-electron chi connectivity index (χ3n) is 4.38. The van der Waals surface area contributed by atoms with Crippen LogP contribution in [-0.2, 0) is 17.7 Å². The quantitative estimate of drug-likeness (QED) is 0.793. The van der Waals surface area contributed by atoms with Gasteiger partial charge in [0.25, 0.3) is 0 Å². The molecule has 0 amide bonds. The molecule has 0 aromatic carbocycles. The number of nitrogens with zero attached hydrogens (tertiary/aromatic N) is 3. The van der Waals surface area contributed by atoms with E-state index in [1.807, 2.05) is 11.7 Å². The SMILES string of the molecule is CCCn1ncnc1CC(NC)C1(OCC)CCCC1. The van der Waals surface area contributed by atoms with Crippen LogP contribution >= 0.6 is 0 Å². The van der Waals surface area contributed by atoms with E-state index < -0.39 is 0 Å². The Hall–Kier alpha value is -0.940. The second kappa shape index (κ2) is 7.18. The summed E-state index contributed by atoms with van der Waals surface area (Å²) in [7, 11) is 2.03. The average molecular weight is 280 g/mol. The monoisotopic (exact) mass is 280 g/mol. The van der Waals surface area contributed by atoms with E-state index in [9.17, 15) is 0 Å². The van der Waals surface area contributed by atoms with Crippen molar-refractivity contribution in [2.24, 2.45) is 0 Å². The maximum Gasteiger partial charge on any atom is 0.138 e. The van der Waals surface area contributed by atoms with Gasteiger partial charge >= 0.3 is 0 Å². The standard InChI is InChI=1S/C15H28N4O/c1-4-10-19-14(17-12-18-19)11-13(16-3)15(20-5-2)8-6-7-9-15/h12-13,16H,4-11H2,1-3H3. The summed E-state index contributed by atoms with van der Waals surface area (Å²) in [4.78, 5) is 4.44. The van der Waals surface area contributed by atoms with Gasteiger partial charge in [-0.25, -0.2) is 4.98 Å². The van der Waals surface area contributed by atoms with Crippen LogP contribution in [-0.4, -0.2) is 40.1 Å². The zero-order valence-corrected chi connectivity index (χ0v) is 13.1. The summed E-state index contributed by atoms with van der Waals surface area (Å²) in [5.41, 5.74) is -0.0213. The second-order valence-corrected chi connectivity index (χ2v) is 5.65. The van der Waals surface area contributed by atoms with E-state index in [1.54, 1.807) is 6.33 Å². The molecule has 0 bridgehead atoms. The molecule has 1 aliphatic rings. The first-order valence-electron chi connectivity index (χ1n) is 7.93. The number of hydrogen-bond donors (Lipinski definition) is 1. The van der Waals surface area contributed by atoms with Gasteiger partial charge < -0.3 is 10.1 Å². The number of aryl methyl sites for hydroxylation is 1. The minimum atomic E-state index is -0.0213. The molecule has 1 fully saturated rings. The molecule has 5 nitrogen and oxygen atoms in total. The van der Waals surface area contributed by atoms with E-state index in [0.29, 0.717) is 6.04 Å². The first-order valence-corrected chi connectivity index (χ1v) is 7.93. The molecule has 1 heterocycles. The van der Waals surface area contributed by atoms with Crippen LogP contribution in [0.1, 0.15) is 51.8 Å². The highest BCUT2D eigenvalue weighted by Gasteiger charge is 2.42. The number of aromatic nitrogens is 3. The molecule has 0 radical (unpaired) electrons. The summed E-state index contributed by atoms with van der Waals surface area (Å²) in [6, 6.07) is 0.310. The number of hydrogen-bond acceptors (Lipinski definition) is 4. The predicted molar refractivity (Wildman–Crippen MR) is 79.7 cm³/mol. The smallest absolute Gasteiger partial charge is 0.138 e. The minimum Gasteiger partial charge on any atom is -0.374 e. The third kappa shape index (κ3) is 3.20. The molecule has 1 aromatic rings. The third-order valence-corrected chi connectivity index (χ3v) is 4.38. The maximum absolute atomic E-state index is 6.17. The molecule has 20 heavy (non-hydrogen) atoms. The molecule has 0 aliphatic heterocycles. The fraction of sp³-hybridized carbons (Fsp3) is 0.867. The normalized spacial score (nSPS) is 19.4. The molecule has 1 N–H and O–H groups in total. The number of likely N-dealkylation sites (N-methyl/N-ethyl adjacent to an activating group) is 1. The van der Waals surface area contributed by atoms with Crippen LogP contribution in [0.25, 0.3) is 0 Å². The van der Waals surface area contributed by atoms with Crippen LogP contribution in [0.15, 0.2) is 6.33 Å². The first-order chi connectivity index (χ1) is 9.75. The number of ether oxygens (including phenoxy) is 1. The molecule has 0 saturated heterocycles. The van der Waals surface area contributed by atoms with Crippen molar-refractivity contribution < 1.29 is 4.74 Å². The summed E-state index contributed by atoms with van der Waals surface area (Å²) in [5, 5.41) is 7.80. The lowest BCUT2D eigenvalue weighted by Gasteiger charge is -2.37. The second-order valence-electron chi connectivity index (χ2n) is 5.65. The summed E-state index contributed by atoms with van der Waals surface area (Å²) < 4.78 is 8.20. The van der Waals surface area contributed by atoms with Crippen LogP contribution < -0.4 is 5.32 Å². The molecular weight excluding hydrogens is 252 g/mol. The average Bonchev–Trinajstić information content (AvgIpc) is 3.07. The van der Waals surface area contributed by atoms with Gasteiger partial charge in [0.1, 0.15) is 12.2 Å². The molecule has 1 saturated carbocycles. The Morgan fingerprint density at radius 2 is 2.15 bits per heavy atom. The Bertz CT molecular complexity index is 398. The molecule has 1 aromatic heterocycles. The lowest BCUT2D eigenvalue weighted by atomic mass is 9.89. The summed E-state index contributed by atoms with van der Waals surface area (Å²) in [5.74, 6) is 1.07. The molecule has 1 unspecified atom stereocenters. The number of rotatable bonds is 8. The van der Waals surface area contributed by atoms with Crippen molar-refractivity contribution in [3.8, 4) is 0 Å². The van der Waals surface area contributed by atoms with Crippen LogP contribution in [0.2, 0.25) is 0 Å². The Morgan fingerprint density at radius 1 is 1.40 bits per heavy atom. The Balaban J connectivity index is 2.12. The zero-order valence-electron chi connectivity index (χ0n) is 13.1. The van der Waals surface area contributed by atoms with Gasteiger partial charge in [-0.1, -0.05) is 19.8 Å². The van der Waals surface area contributed by atoms with E-state index in [4.69, 9.17) is 4.74 Å². The van der Waals surface area contributed by atoms with Crippen molar-refractivity contribution in [2.75, 3.05) is 13.7 Å². The fourth-order valence-electron chi connectivity index (χ4n) is 3.43. The van der Waals surface area contributed by atoms with Crippen LogP contribution in [0.3, 0.4) is 0 Å². The van der Waals surface area contributed by atoms with Crippen LogP contribution in [0.4, 0.5) is 0 Å². The highest BCUT2D eigenvalue weighted by atomic mass is 16.5. The van der Waals surface area contributed by atoms with Crippen molar-refractivity contribution in [3.05, 3.63) is 12.2 Å². The Kier molecular flexibility index (Phi) is 5.54. The topological polar surface area (TPSA) is 52.0 Å².